The van der Waals surface area contributed by atoms with E-state index in [1.54, 1.807) is 62.6 Å². The molecule has 0 bridgehead atoms. The molecule has 0 aliphatic carbocycles. The first-order valence-corrected chi connectivity index (χ1v) is 10.4. The van der Waals surface area contributed by atoms with Crippen LogP contribution in [-0.4, -0.2) is 21.4 Å². The van der Waals surface area contributed by atoms with Crippen molar-refractivity contribution < 1.29 is 17.9 Å². The van der Waals surface area contributed by atoms with Gasteiger partial charge in [0.25, 0.3) is 15.9 Å². The molecule has 150 valence electrons. The molecule has 1 amide bonds. The highest BCUT2D eigenvalue weighted by molar-refractivity contribution is 7.92. The number of ether oxygens (including phenoxy) is 1. The van der Waals surface area contributed by atoms with E-state index in [-0.39, 0.29) is 10.5 Å². The number of sulfonamides is 1. The highest BCUT2D eigenvalue weighted by Crippen LogP contribution is 2.22. The van der Waals surface area contributed by atoms with E-state index in [1.807, 2.05) is 19.1 Å². The van der Waals surface area contributed by atoms with Crippen molar-refractivity contribution in [1.29, 1.82) is 0 Å². The van der Waals surface area contributed by atoms with Gasteiger partial charge in [0.15, 0.2) is 0 Å². The Labute approximate surface area is 170 Å². The minimum Gasteiger partial charge on any atom is -0.497 e. The lowest BCUT2D eigenvalue weighted by Gasteiger charge is -2.12. The first-order valence-electron chi connectivity index (χ1n) is 8.94. The lowest BCUT2D eigenvalue weighted by molar-refractivity contribution is 0.102. The Morgan fingerprint density at radius 1 is 0.862 bits per heavy atom. The molecule has 2 N–H and O–H groups in total. The van der Waals surface area contributed by atoms with Gasteiger partial charge in [-0.15, -0.1) is 0 Å². The van der Waals surface area contributed by atoms with Crippen molar-refractivity contribution in [3.8, 4) is 5.75 Å². The van der Waals surface area contributed by atoms with E-state index in [4.69, 9.17) is 4.74 Å². The molecule has 0 fully saturated rings. The second-order valence-corrected chi connectivity index (χ2v) is 8.29. The van der Waals surface area contributed by atoms with Gasteiger partial charge in [-0.3, -0.25) is 9.52 Å². The molecular formula is C22H22N2O4S. The number of nitrogens with one attached hydrogen (secondary N) is 2. The molecule has 0 atom stereocenters. The highest BCUT2D eigenvalue weighted by Gasteiger charge is 2.19. The maximum Gasteiger partial charge on any atom is 0.262 e. The number of benzene rings is 3. The molecule has 0 aliphatic rings. The summed E-state index contributed by atoms with van der Waals surface area (Å²) in [6, 6.07) is 18.5. The number of hydrogen-bond acceptors (Lipinski definition) is 4. The second-order valence-electron chi connectivity index (χ2n) is 6.63. The van der Waals surface area contributed by atoms with Crippen LogP contribution in [0.25, 0.3) is 0 Å². The molecule has 0 heterocycles. The topological polar surface area (TPSA) is 84.5 Å². The summed E-state index contributed by atoms with van der Waals surface area (Å²) < 4.78 is 33.4. The van der Waals surface area contributed by atoms with Gasteiger partial charge >= 0.3 is 0 Å². The Morgan fingerprint density at radius 3 is 2.10 bits per heavy atom. The van der Waals surface area contributed by atoms with Gasteiger partial charge in [-0.2, -0.15) is 0 Å². The lowest BCUT2D eigenvalue weighted by Crippen LogP contribution is -2.17. The molecule has 0 spiro atoms. The molecule has 6 nitrogen and oxygen atoms in total. The van der Waals surface area contributed by atoms with Crippen LogP contribution in [0, 0.1) is 13.8 Å². The zero-order valence-electron chi connectivity index (χ0n) is 16.4. The summed E-state index contributed by atoms with van der Waals surface area (Å²) in [6.07, 6.45) is 0. The molecule has 3 aromatic rings. The highest BCUT2D eigenvalue weighted by atomic mass is 32.2. The van der Waals surface area contributed by atoms with Crippen LogP contribution in [0.15, 0.2) is 71.6 Å². The van der Waals surface area contributed by atoms with Crippen molar-refractivity contribution in [2.75, 3.05) is 17.1 Å². The Bertz CT molecular complexity index is 1120. The van der Waals surface area contributed by atoms with Crippen LogP contribution in [-0.2, 0) is 10.0 Å². The van der Waals surface area contributed by atoms with Crippen LogP contribution in [0.3, 0.4) is 0 Å². The van der Waals surface area contributed by atoms with E-state index in [2.05, 4.69) is 10.0 Å². The molecule has 0 unspecified atom stereocenters. The first-order chi connectivity index (χ1) is 13.8. The smallest absolute Gasteiger partial charge is 0.262 e. The Morgan fingerprint density at radius 2 is 1.48 bits per heavy atom. The average molecular weight is 410 g/mol. The largest absolute Gasteiger partial charge is 0.497 e. The predicted octanol–water partition coefficient (Wildman–Crippen LogP) is 4.37. The number of aryl methyl sites for hydroxylation is 2. The van der Waals surface area contributed by atoms with E-state index in [9.17, 15) is 13.2 Å². The fraction of sp³-hybridized carbons (Fsp3) is 0.136. The molecule has 0 radical (unpaired) electrons. The number of methoxy groups -OCH3 is 1. The van der Waals surface area contributed by atoms with Crippen molar-refractivity contribution in [2.24, 2.45) is 0 Å². The standard InChI is InChI=1S/C22H22N2O4S/c1-15-4-8-19(9-5-15)24-29(26,27)21-14-17(7-6-16(21)2)22(25)23-18-10-12-20(28-3)13-11-18/h4-14,24H,1-3H3,(H,23,25). The molecule has 3 rings (SSSR count). The van der Waals surface area contributed by atoms with Gasteiger partial charge < -0.3 is 10.1 Å². The lowest BCUT2D eigenvalue weighted by atomic mass is 10.1. The number of amides is 1. The number of anilines is 2. The summed E-state index contributed by atoms with van der Waals surface area (Å²) in [4.78, 5) is 12.7. The normalized spacial score (nSPS) is 11.0. The van der Waals surface area contributed by atoms with Gasteiger partial charge in [0.05, 0.1) is 12.0 Å². The summed E-state index contributed by atoms with van der Waals surface area (Å²) in [5.74, 6) is 0.274. The fourth-order valence-electron chi connectivity index (χ4n) is 2.74. The minimum absolute atomic E-state index is 0.0560. The maximum atomic E-state index is 12.9. The van der Waals surface area contributed by atoms with Gasteiger partial charge in [0, 0.05) is 16.9 Å². The van der Waals surface area contributed by atoms with Crippen molar-refractivity contribution in [2.45, 2.75) is 18.7 Å². The zero-order chi connectivity index (χ0) is 21.0. The maximum absolute atomic E-state index is 12.9. The number of carbonyl (C=O) groups is 1. The molecule has 0 saturated heterocycles. The summed E-state index contributed by atoms with van der Waals surface area (Å²) in [7, 11) is -2.28. The number of hydrogen-bond donors (Lipinski definition) is 2. The van der Waals surface area contributed by atoms with E-state index < -0.39 is 15.9 Å². The van der Waals surface area contributed by atoms with E-state index >= 15 is 0 Å². The summed E-state index contributed by atoms with van der Waals surface area (Å²) in [5, 5.41) is 2.75. The predicted molar refractivity (Wildman–Crippen MR) is 114 cm³/mol. The third-order valence-electron chi connectivity index (χ3n) is 4.39. The van der Waals surface area contributed by atoms with Crippen LogP contribution in [0.4, 0.5) is 11.4 Å². The molecule has 3 aromatic carbocycles. The molecule has 0 aromatic heterocycles. The SMILES string of the molecule is COc1ccc(NC(=O)c2ccc(C)c(S(=O)(=O)Nc3ccc(C)cc3)c2)cc1. The fourth-order valence-corrected chi connectivity index (χ4v) is 4.07. The summed E-state index contributed by atoms with van der Waals surface area (Å²) in [6.45, 7) is 3.61. The van der Waals surface area contributed by atoms with Crippen molar-refractivity contribution in [1.82, 2.24) is 0 Å². The van der Waals surface area contributed by atoms with Crippen LogP contribution in [0.5, 0.6) is 5.75 Å². The van der Waals surface area contributed by atoms with Crippen LogP contribution in [0.2, 0.25) is 0 Å². The van der Waals surface area contributed by atoms with Crippen molar-refractivity contribution in [3.63, 3.8) is 0 Å². The quantitative estimate of drug-likeness (QED) is 0.632. The first kappa shape index (κ1) is 20.4. The third-order valence-corrected chi connectivity index (χ3v) is 5.91. The van der Waals surface area contributed by atoms with Crippen LogP contribution < -0.4 is 14.8 Å². The molecule has 0 aliphatic heterocycles. The zero-order valence-corrected chi connectivity index (χ0v) is 17.2. The molecule has 29 heavy (non-hydrogen) atoms. The minimum atomic E-state index is -3.84. The summed E-state index contributed by atoms with van der Waals surface area (Å²) >= 11 is 0. The Kier molecular flexibility index (Phi) is 5.89. The number of carbonyl (C=O) groups excluding carboxylic acids is 1. The van der Waals surface area contributed by atoms with Crippen molar-refractivity contribution in [3.05, 3.63) is 83.4 Å². The van der Waals surface area contributed by atoms with Gasteiger partial charge in [0.1, 0.15) is 5.75 Å². The molecular weight excluding hydrogens is 388 g/mol. The van der Waals surface area contributed by atoms with Crippen LogP contribution >= 0.6 is 0 Å². The van der Waals surface area contributed by atoms with Gasteiger partial charge in [-0.05, 0) is 67.9 Å². The van der Waals surface area contributed by atoms with E-state index in [0.717, 1.165) is 5.56 Å². The monoisotopic (exact) mass is 410 g/mol. The van der Waals surface area contributed by atoms with Crippen molar-refractivity contribution >= 4 is 27.3 Å². The van der Waals surface area contributed by atoms with Gasteiger partial charge in [-0.25, -0.2) is 8.42 Å². The van der Waals surface area contributed by atoms with E-state index in [1.165, 1.54) is 6.07 Å². The Hall–Kier alpha value is -3.32. The van der Waals surface area contributed by atoms with E-state index in [0.29, 0.717) is 22.7 Å². The third kappa shape index (κ3) is 4.94. The molecule has 0 saturated carbocycles. The molecule has 7 heteroatoms. The second kappa shape index (κ2) is 8.36. The van der Waals surface area contributed by atoms with Gasteiger partial charge in [-0.1, -0.05) is 23.8 Å². The van der Waals surface area contributed by atoms with Gasteiger partial charge in [0.2, 0.25) is 0 Å². The Balaban J connectivity index is 1.84. The number of rotatable bonds is 6. The average Bonchev–Trinajstić information content (AvgIpc) is 2.70. The van der Waals surface area contributed by atoms with Crippen LogP contribution in [0.1, 0.15) is 21.5 Å². The summed E-state index contributed by atoms with van der Waals surface area (Å²) in [5.41, 5.74) is 2.87.